The van der Waals surface area contributed by atoms with Crippen LogP contribution in [0, 0.1) is 0 Å². The number of aromatic nitrogens is 4. The maximum Gasteiger partial charge on any atom is 0.224 e. The van der Waals surface area contributed by atoms with Gasteiger partial charge in [-0.05, 0) is 11.6 Å². The lowest BCUT2D eigenvalue weighted by molar-refractivity contribution is 0.976. The Labute approximate surface area is 79.2 Å². The first-order valence-electron chi connectivity index (χ1n) is 3.54. The maximum atomic E-state index is 5.65. The number of imidazole rings is 1. The van der Waals surface area contributed by atoms with Gasteiger partial charge < -0.3 is 5.73 Å². The van der Waals surface area contributed by atoms with E-state index in [1.54, 1.807) is 23.3 Å². The lowest BCUT2D eigenvalue weighted by Gasteiger charge is -2.03. The van der Waals surface area contributed by atoms with Crippen LogP contribution in [0.4, 0.5) is 5.69 Å². The standard InChI is InChI=1S/C7H6ClN5/c8-7-11-3-5(9)6(12-7)13-2-1-10-4-13/h1-4H,9H2. The van der Waals surface area contributed by atoms with Crippen molar-refractivity contribution in [2.75, 3.05) is 5.73 Å². The first-order chi connectivity index (χ1) is 6.27. The molecular weight excluding hydrogens is 190 g/mol. The highest BCUT2D eigenvalue weighted by Gasteiger charge is 2.03. The quantitative estimate of drug-likeness (QED) is 0.687. The molecule has 2 aromatic rings. The summed E-state index contributed by atoms with van der Waals surface area (Å²) in [6.07, 6.45) is 6.42. The van der Waals surface area contributed by atoms with Crippen molar-refractivity contribution in [3.05, 3.63) is 30.2 Å². The van der Waals surface area contributed by atoms with Crippen LogP contribution < -0.4 is 5.73 Å². The van der Waals surface area contributed by atoms with Gasteiger partial charge in [-0.3, -0.25) is 4.57 Å². The highest BCUT2D eigenvalue weighted by atomic mass is 35.5. The van der Waals surface area contributed by atoms with E-state index in [-0.39, 0.29) is 5.28 Å². The molecule has 6 heteroatoms. The molecule has 2 rings (SSSR count). The van der Waals surface area contributed by atoms with Crippen LogP contribution in [0.25, 0.3) is 5.82 Å². The van der Waals surface area contributed by atoms with Crippen LogP contribution in [0.2, 0.25) is 5.28 Å². The van der Waals surface area contributed by atoms with Crippen molar-refractivity contribution in [1.82, 2.24) is 19.5 Å². The molecule has 0 fully saturated rings. The SMILES string of the molecule is Nc1cnc(Cl)nc1-n1ccnc1. The van der Waals surface area contributed by atoms with Gasteiger partial charge in [0.15, 0.2) is 5.82 Å². The van der Waals surface area contributed by atoms with Crippen molar-refractivity contribution >= 4 is 17.3 Å². The minimum Gasteiger partial charge on any atom is -0.394 e. The Balaban J connectivity index is 2.57. The second kappa shape index (κ2) is 3.02. The zero-order valence-electron chi connectivity index (χ0n) is 6.55. The van der Waals surface area contributed by atoms with Crippen LogP contribution >= 0.6 is 11.6 Å². The van der Waals surface area contributed by atoms with Gasteiger partial charge in [0.1, 0.15) is 6.33 Å². The number of nitrogen functional groups attached to an aromatic ring is 1. The molecule has 66 valence electrons. The Morgan fingerprint density at radius 1 is 1.46 bits per heavy atom. The molecule has 0 amide bonds. The average molecular weight is 196 g/mol. The van der Waals surface area contributed by atoms with Crippen LogP contribution in [0.3, 0.4) is 0 Å². The van der Waals surface area contributed by atoms with Crippen molar-refractivity contribution in [1.29, 1.82) is 0 Å². The molecule has 0 spiro atoms. The van der Waals surface area contributed by atoms with Gasteiger partial charge in [0.05, 0.1) is 11.9 Å². The number of hydrogen-bond acceptors (Lipinski definition) is 4. The van der Waals surface area contributed by atoms with Crippen molar-refractivity contribution < 1.29 is 0 Å². The zero-order chi connectivity index (χ0) is 9.26. The van der Waals surface area contributed by atoms with Crippen molar-refractivity contribution in [3.8, 4) is 5.82 Å². The smallest absolute Gasteiger partial charge is 0.224 e. The largest absolute Gasteiger partial charge is 0.394 e. The fourth-order valence-corrected chi connectivity index (χ4v) is 1.08. The van der Waals surface area contributed by atoms with Gasteiger partial charge in [0.2, 0.25) is 5.28 Å². The Morgan fingerprint density at radius 2 is 2.31 bits per heavy atom. The third-order valence-corrected chi connectivity index (χ3v) is 1.70. The van der Waals surface area contributed by atoms with E-state index in [2.05, 4.69) is 15.0 Å². The molecule has 0 aromatic carbocycles. The van der Waals surface area contributed by atoms with E-state index < -0.39 is 0 Å². The summed E-state index contributed by atoms with van der Waals surface area (Å²) in [6, 6.07) is 0. The lowest BCUT2D eigenvalue weighted by Crippen LogP contribution is -2.02. The Hall–Kier alpha value is -1.62. The summed E-state index contributed by atoms with van der Waals surface area (Å²) < 4.78 is 1.67. The Bertz CT molecular complexity index is 411. The summed E-state index contributed by atoms with van der Waals surface area (Å²) in [7, 11) is 0. The number of nitrogens with two attached hydrogens (primary N) is 1. The van der Waals surface area contributed by atoms with Crippen molar-refractivity contribution in [3.63, 3.8) is 0 Å². The number of hydrogen-bond donors (Lipinski definition) is 1. The fourth-order valence-electron chi connectivity index (χ4n) is 0.953. The van der Waals surface area contributed by atoms with Crippen LogP contribution in [0.1, 0.15) is 0 Å². The minimum atomic E-state index is 0.165. The third kappa shape index (κ3) is 1.46. The third-order valence-electron chi connectivity index (χ3n) is 1.52. The second-order valence-electron chi connectivity index (χ2n) is 2.39. The van der Waals surface area contributed by atoms with E-state index in [1.165, 1.54) is 6.20 Å². The highest BCUT2D eigenvalue weighted by Crippen LogP contribution is 2.14. The number of rotatable bonds is 1. The van der Waals surface area contributed by atoms with E-state index in [4.69, 9.17) is 17.3 Å². The number of halogens is 1. The maximum absolute atomic E-state index is 5.65. The summed E-state index contributed by atoms with van der Waals surface area (Å²) in [5, 5.41) is 0.165. The molecular formula is C7H6ClN5. The molecule has 0 bridgehead atoms. The van der Waals surface area contributed by atoms with E-state index >= 15 is 0 Å². The van der Waals surface area contributed by atoms with Crippen LogP contribution in [0.5, 0.6) is 0 Å². The lowest BCUT2D eigenvalue weighted by atomic mass is 10.5. The van der Waals surface area contributed by atoms with E-state index in [9.17, 15) is 0 Å². The van der Waals surface area contributed by atoms with Gasteiger partial charge in [-0.2, -0.15) is 4.98 Å². The molecule has 2 N–H and O–H groups in total. The van der Waals surface area contributed by atoms with Gasteiger partial charge in [0.25, 0.3) is 0 Å². The summed E-state index contributed by atoms with van der Waals surface area (Å²) in [6.45, 7) is 0. The van der Waals surface area contributed by atoms with Crippen molar-refractivity contribution in [2.45, 2.75) is 0 Å². The first kappa shape index (κ1) is 8.00. The summed E-state index contributed by atoms with van der Waals surface area (Å²) in [5.41, 5.74) is 6.11. The molecule has 0 aliphatic carbocycles. The average Bonchev–Trinajstić information content (AvgIpc) is 2.61. The summed E-state index contributed by atoms with van der Waals surface area (Å²) in [4.78, 5) is 11.6. The zero-order valence-corrected chi connectivity index (χ0v) is 7.31. The molecule has 0 saturated carbocycles. The molecule has 0 aliphatic rings. The van der Waals surface area contributed by atoms with E-state index in [1.807, 2.05) is 0 Å². The van der Waals surface area contributed by atoms with Gasteiger partial charge >= 0.3 is 0 Å². The first-order valence-corrected chi connectivity index (χ1v) is 3.91. The van der Waals surface area contributed by atoms with Gasteiger partial charge in [0, 0.05) is 12.4 Å². The van der Waals surface area contributed by atoms with Crippen molar-refractivity contribution in [2.24, 2.45) is 0 Å². The Morgan fingerprint density at radius 3 is 3.00 bits per heavy atom. The molecule has 2 aromatic heterocycles. The predicted octanol–water partition coefficient (Wildman–Crippen LogP) is 0.898. The van der Waals surface area contributed by atoms with Crippen LogP contribution in [0.15, 0.2) is 24.9 Å². The molecule has 5 nitrogen and oxygen atoms in total. The predicted molar refractivity (Wildman–Crippen MR) is 48.6 cm³/mol. The number of anilines is 1. The molecule has 0 atom stereocenters. The van der Waals surface area contributed by atoms with E-state index in [0.717, 1.165) is 0 Å². The van der Waals surface area contributed by atoms with Crippen LogP contribution in [-0.4, -0.2) is 19.5 Å². The molecule has 0 aliphatic heterocycles. The second-order valence-corrected chi connectivity index (χ2v) is 2.73. The van der Waals surface area contributed by atoms with Gasteiger partial charge in [-0.25, -0.2) is 9.97 Å². The monoisotopic (exact) mass is 195 g/mol. The molecule has 13 heavy (non-hydrogen) atoms. The Kier molecular flexibility index (Phi) is 1.86. The normalized spacial score (nSPS) is 10.2. The minimum absolute atomic E-state index is 0.165. The topological polar surface area (TPSA) is 69.6 Å². The molecule has 0 unspecified atom stereocenters. The summed E-state index contributed by atoms with van der Waals surface area (Å²) >= 11 is 5.62. The van der Waals surface area contributed by atoms with E-state index in [0.29, 0.717) is 11.5 Å². The van der Waals surface area contributed by atoms with Crippen LogP contribution in [-0.2, 0) is 0 Å². The van der Waals surface area contributed by atoms with Gasteiger partial charge in [-0.1, -0.05) is 0 Å². The molecule has 2 heterocycles. The molecule has 0 saturated heterocycles. The highest BCUT2D eigenvalue weighted by molar-refractivity contribution is 6.28. The molecule has 0 radical (unpaired) electrons. The fraction of sp³-hybridized carbons (Fsp3) is 0. The number of nitrogens with zero attached hydrogens (tertiary/aromatic N) is 4. The van der Waals surface area contributed by atoms with Gasteiger partial charge in [-0.15, -0.1) is 0 Å². The summed E-state index contributed by atoms with van der Waals surface area (Å²) in [5.74, 6) is 0.539.